The number of hydrogen-bond donors (Lipinski definition) is 6. The van der Waals surface area contributed by atoms with Gasteiger partial charge in [-0.05, 0) is 13.0 Å². The van der Waals surface area contributed by atoms with Crippen molar-refractivity contribution in [1.82, 2.24) is 5.32 Å². The monoisotopic (exact) mass is 302 g/mol. The lowest BCUT2D eigenvalue weighted by molar-refractivity contribution is -0.126. The molecular formula is C12H22N4O5. The van der Waals surface area contributed by atoms with Crippen LogP contribution in [-0.4, -0.2) is 64.2 Å². The Kier molecular flexibility index (Phi) is 5.94. The first-order valence-corrected chi connectivity index (χ1v) is 6.44. The Morgan fingerprint density at radius 3 is 2.62 bits per heavy atom. The first kappa shape index (κ1) is 17.2. The maximum Gasteiger partial charge on any atom is 0.217 e. The Labute approximate surface area is 122 Å². The Morgan fingerprint density at radius 2 is 2.14 bits per heavy atom. The number of nitrogens with two attached hydrogens (primary N) is 2. The molecule has 0 saturated heterocycles. The van der Waals surface area contributed by atoms with E-state index in [1.165, 1.54) is 6.92 Å². The van der Waals surface area contributed by atoms with E-state index in [0.717, 1.165) is 0 Å². The highest BCUT2D eigenvalue weighted by Gasteiger charge is 2.41. The SMILES string of the molecule is CC(=O)N[C@@H]1[C@H]([C@H](O)[C@H](O)CO)OC(C)=C[C@@H]1N=C(N)N. The number of carbonyl (C=O) groups excluding carboxylic acids is 1. The zero-order valence-electron chi connectivity index (χ0n) is 11.9. The van der Waals surface area contributed by atoms with Crippen LogP contribution in [-0.2, 0) is 9.53 Å². The zero-order chi connectivity index (χ0) is 16.2. The summed E-state index contributed by atoms with van der Waals surface area (Å²) in [7, 11) is 0. The summed E-state index contributed by atoms with van der Waals surface area (Å²) in [6.07, 6.45) is -2.26. The maximum absolute atomic E-state index is 11.3. The number of rotatable bonds is 5. The molecular weight excluding hydrogens is 280 g/mol. The van der Waals surface area contributed by atoms with Gasteiger partial charge in [0.25, 0.3) is 0 Å². The Morgan fingerprint density at radius 1 is 1.52 bits per heavy atom. The molecule has 0 aliphatic carbocycles. The molecule has 0 aromatic rings. The molecule has 1 aliphatic rings. The number of aliphatic hydroxyl groups excluding tert-OH is 3. The smallest absolute Gasteiger partial charge is 0.217 e. The normalized spacial score (nSPS) is 27.9. The average molecular weight is 302 g/mol. The minimum absolute atomic E-state index is 0.183. The van der Waals surface area contributed by atoms with Gasteiger partial charge in [0.1, 0.15) is 18.3 Å². The van der Waals surface area contributed by atoms with Crippen molar-refractivity contribution in [2.75, 3.05) is 6.61 Å². The number of nitrogens with one attached hydrogen (secondary N) is 1. The molecule has 120 valence electrons. The van der Waals surface area contributed by atoms with Crippen molar-refractivity contribution in [3.63, 3.8) is 0 Å². The van der Waals surface area contributed by atoms with E-state index in [1.54, 1.807) is 13.0 Å². The number of aliphatic hydroxyl groups is 3. The molecule has 0 fully saturated rings. The van der Waals surface area contributed by atoms with Crippen molar-refractivity contribution in [2.45, 2.75) is 44.2 Å². The second-order valence-corrected chi connectivity index (χ2v) is 4.87. The van der Waals surface area contributed by atoms with Gasteiger partial charge in [0, 0.05) is 6.92 Å². The molecule has 0 aromatic heterocycles. The molecule has 0 saturated carbocycles. The number of guanidine groups is 1. The van der Waals surface area contributed by atoms with Crippen LogP contribution < -0.4 is 16.8 Å². The fourth-order valence-corrected chi connectivity index (χ4v) is 2.17. The highest BCUT2D eigenvalue weighted by Crippen LogP contribution is 2.24. The molecule has 21 heavy (non-hydrogen) atoms. The summed E-state index contributed by atoms with van der Waals surface area (Å²) in [5, 5.41) is 31.2. The number of nitrogens with zero attached hydrogens (tertiary/aromatic N) is 1. The molecule has 9 heteroatoms. The highest BCUT2D eigenvalue weighted by atomic mass is 16.5. The van der Waals surface area contributed by atoms with Crippen LogP contribution in [0.15, 0.2) is 16.8 Å². The van der Waals surface area contributed by atoms with Crippen LogP contribution in [0, 0.1) is 0 Å². The van der Waals surface area contributed by atoms with E-state index < -0.39 is 37.0 Å². The van der Waals surface area contributed by atoms with Crippen LogP contribution in [0.4, 0.5) is 0 Å². The van der Waals surface area contributed by atoms with Gasteiger partial charge in [0.15, 0.2) is 5.96 Å². The van der Waals surface area contributed by atoms with Crippen LogP contribution in [0.5, 0.6) is 0 Å². The predicted octanol–water partition coefficient (Wildman–Crippen LogP) is -2.85. The third-order valence-corrected chi connectivity index (χ3v) is 3.04. The molecule has 1 heterocycles. The predicted molar refractivity (Wildman–Crippen MR) is 74.9 cm³/mol. The summed E-state index contributed by atoms with van der Waals surface area (Å²) < 4.78 is 5.47. The second kappa shape index (κ2) is 7.25. The number of aliphatic imine (C=N–C) groups is 1. The van der Waals surface area contributed by atoms with Crippen molar-refractivity contribution < 1.29 is 24.9 Å². The van der Waals surface area contributed by atoms with Crippen molar-refractivity contribution in [2.24, 2.45) is 16.5 Å². The molecule has 1 rings (SSSR count). The quantitative estimate of drug-likeness (QED) is 0.235. The molecule has 8 N–H and O–H groups in total. The summed E-state index contributed by atoms with van der Waals surface area (Å²) >= 11 is 0. The Bertz CT molecular complexity index is 435. The molecule has 0 spiro atoms. The first-order chi connectivity index (χ1) is 9.76. The first-order valence-electron chi connectivity index (χ1n) is 6.44. The number of amides is 1. The minimum atomic E-state index is -1.42. The summed E-state index contributed by atoms with van der Waals surface area (Å²) in [5.74, 6) is -0.124. The van der Waals surface area contributed by atoms with Gasteiger partial charge < -0.3 is 36.8 Å². The van der Waals surface area contributed by atoms with Gasteiger partial charge in [-0.2, -0.15) is 0 Å². The average Bonchev–Trinajstić information content (AvgIpc) is 2.38. The number of allylic oxidation sites excluding steroid dienone is 1. The fourth-order valence-electron chi connectivity index (χ4n) is 2.17. The number of hydrogen-bond acceptors (Lipinski definition) is 6. The van der Waals surface area contributed by atoms with Gasteiger partial charge in [0.2, 0.25) is 5.91 Å². The van der Waals surface area contributed by atoms with Crippen LogP contribution in [0.3, 0.4) is 0 Å². The van der Waals surface area contributed by atoms with E-state index in [1.807, 2.05) is 0 Å². The summed E-state index contributed by atoms with van der Waals surface area (Å²) in [5.41, 5.74) is 10.7. The van der Waals surface area contributed by atoms with Gasteiger partial charge in [-0.25, -0.2) is 4.99 Å². The van der Waals surface area contributed by atoms with Gasteiger partial charge in [-0.15, -0.1) is 0 Å². The molecule has 0 aromatic carbocycles. The molecule has 1 aliphatic heterocycles. The molecule has 9 nitrogen and oxygen atoms in total. The number of carbonyl (C=O) groups is 1. The van der Waals surface area contributed by atoms with E-state index >= 15 is 0 Å². The maximum atomic E-state index is 11.3. The second-order valence-electron chi connectivity index (χ2n) is 4.87. The summed E-state index contributed by atoms with van der Waals surface area (Å²) in [6.45, 7) is 2.28. The van der Waals surface area contributed by atoms with Crippen LogP contribution in [0.2, 0.25) is 0 Å². The fraction of sp³-hybridized carbons (Fsp3) is 0.667. The molecule has 0 bridgehead atoms. The molecule has 5 atom stereocenters. The van der Waals surface area contributed by atoms with Crippen molar-refractivity contribution in [1.29, 1.82) is 0 Å². The summed E-state index contributed by atoms with van der Waals surface area (Å²) in [4.78, 5) is 15.3. The van der Waals surface area contributed by atoms with E-state index in [0.29, 0.717) is 5.76 Å². The Balaban J connectivity index is 3.12. The van der Waals surface area contributed by atoms with E-state index in [2.05, 4.69) is 10.3 Å². The van der Waals surface area contributed by atoms with E-state index in [4.69, 9.17) is 21.3 Å². The van der Waals surface area contributed by atoms with Crippen LogP contribution >= 0.6 is 0 Å². The van der Waals surface area contributed by atoms with Gasteiger partial charge in [-0.3, -0.25) is 4.79 Å². The minimum Gasteiger partial charge on any atom is -0.490 e. The van der Waals surface area contributed by atoms with Crippen LogP contribution in [0.25, 0.3) is 0 Å². The molecule has 1 amide bonds. The lowest BCUT2D eigenvalue weighted by Crippen LogP contribution is -2.59. The van der Waals surface area contributed by atoms with Crippen molar-refractivity contribution >= 4 is 11.9 Å². The molecule has 0 radical (unpaired) electrons. The highest BCUT2D eigenvalue weighted by molar-refractivity contribution is 5.76. The zero-order valence-corrected chi connectivity index (χ0v) is 11.9. The van der Waals surface area contributed by atoms with Crippen molar-refractivity contribution in [3.05, 3.63) is 11.8 Å². The number of ether oxygens (including phenoxy) is 1. The summed E-state index contributed by atoms with van der Waals surface area (Å²) in [6, 6.07) is -1.44. The Hall–Kier alpha value is -1.84. The van der Waals surface area contributed by atoms with Gasteiger partial charge in [-0.1, -0.05) is 0 Å². The topological polar surface area (TPSA) is 163 Å². The van der Waals surface area contributed by atoms with E-state index in [9.17, 15) is 15.0 Å². The molecule has 0 unspecified atom stereocenters. The van der Waals surface area contributed by atoms with Gasteiger partial charge >= 0.3 is 0 Å². The third kappa shape index (κ3) is 4.59. The van der Waals surface area contributed by atoms with Crippen LogP contribution in [0.1, 0.15) is 13.8 Å². The largest absolute Gasteiger partial charge is 0.490 e. The lowest BCUT2D eigenvalue weighted by atomic mass is 9.92. The third-order valence-electron chi connectivity index (χ3n) is 3.04. The van der Waals surface area contributed by atoms with E-state index in [-0.39, 0.29) is 11.9 Å². The lowest BCUT2D eigenvalue weighted by Gasteiger charge is -2.38. The van der Waals surface area contributed by atoms with Gasteiger partial charge in [0.05, 0.1) is 24.4 Å². The standard InChI is InChI=1S/C12H22N4O5/c1-5-3-7(16-12(13)14)9(15-6(2)18)11(21-5)10(20)8(19)4-17/h3,7-11,17,19-20H,4H2,1-2H3,(H,15,18)(H4,13,14,16)/t7-,8+,9-,10+,11+/m0/s1. The van der Waals surface area contributed by atoms with Crippen molar-refractivity contribution in [3.8, 4) is 0 Å².